The number of benzene rings is 1. The van der Waals surface area contributed by atoms with Crippen molar-refractivity contribution < 1.29 is 4.79 Å². The van der Waals surface area contributed by atoms with Crippen LogP contribution in [0.1, 0.15) is 55.0 Å². The molecule has 1 atom stereocenters. The fourth-order valence-electron chi connectivity index (χ4n) is 4.42. The number of aromatic nitrogens is 2. The van der Waals surface area contributed by atoms with E-state index in [1.807, 2.05) is 25.1 Å². The lowest BCUT2D eigenvalue weighted by Crippen LogP contribution is -2.48. The molecule has 2 N–H and O–H groups in total. The number of piperidine rings is 1. The Balaban J connectivity index is 1.65. The van der Waals surface area contributed by atoms with Crippen molar-refractivity contribution in [3.8, 4) is 6.07 Å². The summed E-state index contributed by atoms with van der Waals surface area (Å²) in [7, 11) is 0. The van der Waals surface area contributed by atoms with Crippen LogP contribution in [0.3, 0.4) is 0 Å². The van der Waals surface area contributed by atoms with Crippen LogP contribution in [0, 0.1) is 18.3 Å². The van der Waals surface area contributed by atoms with Crippen LogP contribution in [0.4, 0.5) is 17.5 Å². The van der Waals surface area contributed by atoms with Gasteiger partial charge in [-0.2, -0.15) is 10.2 Å². The Morgan fingerprint density at radius 1 is 1.23 bits per heavy atom. The second-order valence-corrected chi connectivity index (χ2v) is 8.26. The molecule has 1 amide bonds. The first-order valence-corrected chi connectivity index (χ1v) is 10.7. The second kappa shape index (κ2) is 8.70. The highest BCUT2D eigenvalue weighted by molar-refractivity contribution is 5.73. The van der Waals surface area contributed by atoms with E-state index in [0.717, 1.165) is 74.4 Å². The van der Waals surface area contributed by atoms with Gasteiger partial charge in [0.25, 0.3) is 0 Å². The molecule has 1 aromatic heterocycles. The van der Waals surface area contributed by atoms with Crippen molar-refractivity contribution in [3.63, 3.8) is 0 Å². The third-order valence-electron chi connectivity index (χ3n) is 5.90. The van der Waals surface area contributed by atoms with Crippen molar-refractivity contribution in [2.75, 3.05) is 23.3 Å². The number of nitrogens with zero attached hydrogens (tertiary/aromatic N) is 4. The van der Waals surface area contributed by atoms with Crippen molar-refractivity contribution in [3.05, 3.63) is 40.6 Å². The minimum Gasteiger partial charge on any atom is -0.354 e. The van der Waals surface area contributed by atoms with E-state index in [0.29, 0.717) is 11.5 Å². The van der Waals surface area contributed by atoms with E-state index in [9.17, 15) is 10.1 Å². The topological polar surface area (TPSA) is 93.9 Å². The smallest absolute Gasteiger partial charge is 0.229 e. The van der Waals surface area contributed by atoms with Crippen LogP contribution in [-0.2, 0) is 17.6 Å². The minimum absolute atomic E-state index is 0.0154. The monoisotopic (exact) mass is 404 g/mol. The van der Waals surface area contributed by atoms with Crippen LogP contribution in [0.15, 0.2) is 18.2 Å². The van der Waals surface area contributed by atoms with Crippen LogP contribution in [0.2, 0.25) is 0 Å². The number of amides is 1. The Bertz CT molecular complexity index is 996. The third-order valence-corrected chi connectivity index (χ3v) is 5.90. The number of carbonyl (C=O) groups excluding carboxylic acids is 1. The summed E-state index contributed by atoms with van der Waals surface area (Å²) in [5.41, 5.74) is 4.77. The number of nitrogens with one attached hydrogen (secondary N) is 2. The molecule has 0 unspecified atom stereocenters. The molecule has 4 rings (SSSR count). The average Bonchev–Trinajstić information content (AvgIpc) is 2.74. The zero-order valence-corrected chi connectivity index (χ0v) is 17.7. The van der Waals surface area contributed by atoms with Crippen LogP contribution in [0.5, 0.6) is 0 Å². The lowest BCUT2D eigenvalue weighted by Gasteiger charge is -2.36. The SMILES string of the molecule is CC(=O)N[C@@H]1CCCN(c2nc(Nc3ccc(C)c(C#N)c3)nc3c2CCCC3)C1. The summed E-state index contributed by atoms with van der Waals surface area (Å²) < 4.78 is 0. The number of aryl methyl sites for hydroxylation is 2. The minimum atomic E-state index is 0.0154. The van der Waals surface area contributed by atoms with Gasteiger partial charge in [-0.05, 0) is 63.1 Å². The Morgan fingerprint density at radius 3 is 2.87 bits per heavy atom. The van der Waals surface area contributed by atoms with Crippen molar-refractivity contribution in [1.29, 1.82) is 5.26 Å². The third kappa shape index (κ3) is 4.38. The van der Waals surface area contributed by atoms with Crippen LogP contribution in [-0.4, -0.2) is 35.0 Å². The molecule has 0 spiro atoms. The first-order valence-electron chi connectivity index (χ1n) is 10.7. The zero-order valence-electron chi connectivity index (χ0n) is 17.7. The number of nitriles is 1. The largest absolute Gasteiger partial charge is 0.354 e. The standard InChI is InChI=1S/C23H28N6O/c1-15-9-10-18(12-17(15)13-24)26-23-27-21-8-4-3-7-20(21)22(28-23)29-11-5-6-19(14-29)25-16(2)30/h9-10,12,19H,3-8,11,14H2,1-2H3,(H,25,30)(H,26,27,28)/t19-/m1/s1. The maximum absolute atomic E-state index is 11.5. The van der Waals surface area contributed by atoms with Gasteiger partial charge in [0.15, 0.2) is 0 Å². The quantitative estimate of drug-likeness (QED) is 0.811. The van der Waals surface area contributed by atoms with Gasteiger partial charge in [0.1, 0.15) is 5.82 Å². The van der Waals surface area contributed by atoms with Crippen molar-refractivity contribution >= 4 is 23.4 Å². The Kier molecular flexibility index (Phi) is 5.84. The lowest BCUT2D eigenvalue weighted by molar-refractivity contribution is -0.119. The summed E-state index contributed by atoms with van der Waals surface area (Å²) in [6.45, 7) is 5.20. The van der Waals surface area contributed by atoms with Crippen LogP contribution < -0.4 is 15.5 Å². The molecule has 1 fully saturated rings. The van der Waals surface area contributed by atoms with E-state index in [4.69, 9.17) is 9.97 Å². The maximum atomic E-state index is 11.5. The van der Waals surface area contributed by atoms with E-state index in [1.54, 1.807) is 6.92 Å². The van der Waals surface area contributed by atoms with Gasteiger partial charge >= 0.3 is 0 Å². The lowest BCUT2D eigenvalue weighted by atomic mass is 9.95. The van der Waals surface area contributed by atoms with E-state index < -0.39 is 0 Å². The van der Waals surface area contributed by atoms with Gasteiger partial charge in [-0.15, -0.1) is 0 Å². The van der Waals surface area contributed by atoms with Gasteiger partial charge in [-0.25, -0.2) is 4.98 Å². The van der Waals surface area contributed by atoms with Gasteiger partial charge in [-0.1, -0.05) is 6.07 Å². The van der Waals surface area contributed by atoms with Gasteiger partial charge in [0, 0.05) is 37.3 Å². The highest BCUT2D eigenvalue weighted by atomic mass is 16.1. The van der Waals surface area contributed by atoms with Gasteiger partial charge in [-0.3, -0.25) is 4.79 Å². The molecule has 1 aliphatic carbocycles. The molecule has 0 radical (unpaired) electrons. The van der Waals surface area contributed by atoms with Crippen molar-refractivity contribution in [2.24, 2.45) is 0 Å². The van der Waals surface area contributed by atoms with Gasteiger partial charge in [0.2, 0.25) is 11.9 Å². The molecule has 2 aliphatic rings. The molecule has 7 heteroatoms. The molecule has 2 aromatic rings. The highest BCUT2D eigenvalue weighted by Gasteiger charge is 2.26. The first kappa shape index (κ1) is 20.1. The highest BCUT2D eigenvalue weighted by Crippen LogP contribution is 2.31. The molecular formula is C23H28N6O. The van der Waals surface area contributed by atoms with Gasteiger partial charge in [0.05, 0.1) is 17.3 Å². The fourth-order valence-corrected chi connectivity index (χ4v) is 4.42. The summed E-state index contributed by atoms with van der Waals surface area (Å²) in [6.07, 6.45) is 6.27. The number of anilines is 3. The van der Waals surface area contributed by atoms with Crippen molar-refractivity contribution in [2.45, 2.75) is 58.4 Å². The first-order chi connectivity index (χ1) is 14.5. The summed E-state index contributed by atoms with van der Waals surface area (Å²) in [5.74, 6) is 1.58. The fraction of sp³-hybridized carbons (Fsp3) is 0.478. The average molecular weight is 405 g/mol. The van der Waals surface area contributed by atoms with Gasteiger partial charge < -0.3 is 15.5 Å². The second-order valence-electron chi connectivity index (χ2n) is 8.26. The molecule has 0 bridgehead atoms. The van der Waals surface area contributed by atoms with E-state index >= 15 is 0 Å². The molecule has 7 nitrogen and oxygen atoms in total. The summed E-state index contributed by atoms with van der Waals surface area (Å²) in [4.78, 5) is 23.5. The molecular weight excluding hydrogens is 376 g/mol. The molecule has 0 saturated carbocycles. The molecule has 2 heterocycles. The number of hydrogen-bond donors (Lipinski definition) is 2. The number of rotatable bonds is 4. The summed E-state index contributed by atoms with van der Waals surface area (Å²) in [5, 5.41) is 15.7. The van der Waals surface area contributed by atoms with Crippen LogP contribution >= 0.6 is 0 Å². The van der Waals surface area contributed by atoms with E-state index in [-0.39, 0.29) is 11.9 Å². The normalized spacial score (nSPS) is 18.3. The number of carbonyl (C=O) groups is 1. The molecule has 1 aromatic carbocycles. The maximum Gasteiger partial charge on any atom is 0.229 e. The van der Waals surface area contributed by atoms with E-state index in [2.05, 4.69) is 21.6 Å². The molecule has 1 aliphatic heterocycles. The number of fused-ring (bicyclic) bond motifs is 1. The summed E-state index contributed by atoms with van der Waals surface area (Å²) >= 11 is 0. The molecule has 1 saturated heterocycles. The Labute approximate surface area is 177 Å². The summed E-state index contributed by atoms with van der Waals surface area (Å²) in [6, 6.07) is 8.10. The molecule has 30 heavy (non-hydrogen) atoms. The van der Waals surface area contributed by atoms with Crippen LogP contribution in [0.25, 0.3) is 0 Å². The number of hydrogen-bond acceptors (Lipinski definition) is 6. The predicted octanol–water partition coefficient (Wildman–Crippen LogP) is 3.38. The Morgan fingerprint density at radius 2 is 2.07 bits per heavy atom. The zero-order chi connectivity index (χ0) is 21.1. The Hall–Kier alpha value is -3.14. The predicted molar refractivity (Wildman–Crippen MR) is 117 cm³/mol. The van der Waals surface area contributed by atoms with Crippen molar-refractivity contribution in [1.82, 2.24) is 15.3 Å². The van der Waals surface area contributed by atoms with E-state index in [1.165, 1.54) is 5.56 Å². The molecule has 156 valence electrons.